The van der Waals surface area contributed by atoms with Gasteiger partial charge in [-0.05, 0) is 48.9 Å². The summed E-state index contributed by atoms with van der Waals surface area (Å²) in [5.41, 5.74) is 2.96. The number of carbonyl (C=O) groups is 1. The Kier molecular flexibility index (Phi) is 4.52. The molecule has 2 aromatic carbocycles. The number of nitrogens with zero attached hydrogens (tertiary/aromatic N) is 3. The summed E-state index contributed by atoms with van der Waals surface area (Å²) >= 11 is 0. The van der Waals surface area contributed by atoms with Crippen molar-refractivity contribution in [1.82, 2.24) is 9.21 Å². The van der Waals surface area contributed by atoms with Crippen LogP contribution in [0.4, 0.5) is 0 Å². The van der Waals surface area contributed by atoms with Crippen LogP contribution in [0.1, 0.15) is 36.0 Å². The Morgan fingerprint density at radius 3 is 2.66 bits per heavy atom. The largest absolute Gasteiger partial charge is 0.344 e. The highest BCUT2D eigenvalue weighted by Crippen LogP contribution is 2.29. The van der Waals surface area contributed by atoms with Crippen molar-refractivity contribution in [2.24, 2.45) is 4.99 Å². The molecule has 0 saturated carbocycles. The molecule has 0 aromatic heterocycles. The van der Waals surface area contributed by atoms with Crippen molar-refractivity contribution in [3.05, 3.63) is 65.2 Å². The standard InChI is InChI=1S/C22H23N3O3S/c26-22-20-10-3-4-12-25(20)21(23-22)17-8-5-9-19(14-17)29(27,28)24-13-11-16-6-1-2-7-18(16)15-24/h1-2,5-9,14,20H,3-4,10-13,15H2. The van der Waals surface area contributed by atoms with Gasteiger partial charge in [0.15, 0.2) is 0 Å². The molecule has 0 spiro atoms. The second-order valence-electron chi connectivity index (χ2n) is 7.86. The summed E-state index contributed by atoms with van der Waals surface area (Å²) in [6.07, 6.45) is 3.58. The molecule has 3 aliphatic heterocycles. The van der Waals surface area contributed by atoms with E-state index in [-0.39, 0.29) is 16.8 Å². The van der Waals surface area contributed by atoms with Crippen LogP contribution in [-0.4, -0.2) is 48.5 Å². The second kappa shape index (κ2) is 7.07. The first kappa shape index (κ1) is 18.5. The van der Waals surface area contributed by atoms with Crippen molar-refractivity contribution in [3.63, 3.8) is 0 Å². The molecule has 2 aromatic rings. The monoisotopic (exact) mass is 409 g/mol. The van der Waals surface area contributed by atoms with Gasteiger partial charge in [-0.3, -0.25) is 4.79 Å². The molecule has 1 atom stereocenters. The van der Waals surface area contributed by atoms with E-state index in [4.69, 9.17) is 0 Å². The molecule has 0 bridgehead atoms. The van der Waals surface area contributed by atoms with E-state index in [1.165, 1.54) is 5.56 Å². The van der Waals surface area contributed by atoms with Gasteiger partial charge >= 0.3 is 0 Å². The molecule has 29 heavy (non-hydrogen) atoms. The van der Waals surface area contributed by atoms with Crippen LogP contribution in [0, 0.1) is 0 Å². The highest BCUT2D eigenvalue weighted by molar-refractivity contribution is 7.89. The van der Waals surface area contributed by atoms with Gasteiger partial charge in [0.2, 0.25) is 10.0 Å². The zero-order valence-corrected chi connectivity index (χ0v) is 16.9. The van der Waals surface area contributed by atoms with Gasteiger partial charge in [-0.1, -0.05) is 36.4 Å². The van der Waals surface area contributed by atoms with E-state index in [0.29, 0.717) is 30.9 Å². The summed E-state index contributed by atoms with van der Waals surface area (Å²) in [6.45, 7) is 1.64. The Hall–Kier alpha value is -2.51. The quantitative estimate of drug-likeness (QED) is 0.781. The minimum absolute atomic E-state index is 0.111. The van der Waals surface area contributed by atoms with Gasteiger partial charge in [0.05, 0.1) is 4.90 Å². The van der Waals surface area contributed by atoms with E-state index >= 15 is 0 Å². The number of carbonyl (C=O) groups excluding carboxylic acids is 1. The lowest BCUT2D eigenvalue weighted by Crippen LogP contribution is -2.42. The summed E-state index contributed by atoms with van der Waals surface area (Å²) in [6, 6.07) is 14.7. The van der Waals surface area contributed by atoms with Crippen LogP contribution in [0.5, 0.6) is 0 Å². The summed E-state index contributed by atoms with van der Waals surface area (Å²) in [7, 11) is -3.62. The maximum absolute atomic E-state index is 13.3. The normalized spacial score (nSPS) is 22.2. The third-order valence-corrected chi connectivity index (χ3v) is 7.94. The number of sulfonamides is 1. The number of amides is 1. The number of aliphatic imine (C=N–C) groups is 1. The predicted octanol–water partition coefficient (Wildman–Crippen LogP) is 2.57. The van der Waals surface area contributed by atoms with Gasteiger partial charge in [0, 0.05) is 25.2 Å². The van der Waals surface area contributed by atoms with Gasteiger partial charge in [-0.15, -0.1) is 0 Å². The van der Waals surface area contributed by atoms with Gasteiger partial charge in [-0.2, -0.15) is 9.30 Å². The first-order valence-electron chi connectivity index (χ1n) is 10.1. The zero-order chi connectivity index (χ0) is 20.0. The lowest BCUT2D eigenvalue weighted by Gasteiger charge is -2.31. The van der Waals surface area contributed by atoms with Crippen molar-refractivity contribution in [2.45, 2.75) is 43.2 Å². The summed E-state index contributed by atoms with van der Waals surface area (Å²) in [5.74, 6) is 0.501. The summed E-state index contributed by atoms with van der Waals surface area (Å²) < 4.78 is 28.2. The first-order valence-corrected chi connectivity index (χ1v) is 11.5. The number of fused-ring (bicyclic) bond motifs is 2. The van der Waals surface area contributed by atoms with Crippen LogP contribution in [0.3, 0.4) is 0 Å². The van der Waals surface area contributed by atoms with E-state index in [2.05, 4.69) is 11.1 Å². The molecule has 0 N–H and O–H groups in total. The topological polar surface area (TPSA) is 70.0 Å². The number of amidine groups is 1. The lowest BCUT2D eigenvalue weighted by atomic mass is 10.0. The van der Waals surface area contributed by atoms with E-state index < -0.39 is 10.0 Å². The third-order valence-electron chi connectivity index (χ3n) is 6.10. The third kappa shape index (κ3) is 3.18. The van der Waals surface area contributed by atoms with Crippen molar-refractivity contribution in [1.29, 1.82) is 0 Å². The SMILES string of the molecule is O=C1N=C(c2cccc(S(=O)(=O)N3CCc4ccccc4C3)c2)N2CCCCC12. The Bertz CT molecular complexity index is 1110. The molecule has 5 rings (SSSR count). The number of hydrogen-bond acceptors (Lipinski definition) is 4. The molecular weight excluding hydrogens is 386 g/mol. The van der Waals surface area contributed by atoms with Crippen LogP contribution in [-0.2, 0) is 27.8 Å². The molecule has 6 nitrogen and oxygen atoms in total. The smallest absolute Gasteiger partial charge is 0.270 e. The maximum atomic E-state index is 13.3. The molecule has 3 heterocycles. The molecule has 1 saturated heterocycles. The molecule has 1 fully saturated rings. The summed E-state index contributed by atoms with van der Waals surface area (Å²) in [4.78, 5) is 18.8. The van der Waals surface area contributed by atoms with Crippen molar-refractivity contribution in [3.8, 4) is 0 Å². The fraction of sp³-hybridized carbons (Fsp3) is 0.364. The van der Waals surface area contributed by atoms with Crippen LogP contribution in [0.2, 0.25) is 0 Å². The predicted molar refractivity (Wildman–Crippen MR) is 110 cm³/mol. The van der Waals surface area contributed by atoms with Gasteiger partial charge in [-0.25, -0.2) is 8.42 Å². The fourth-order valence-corrected chi connectivity index (χ4v) is 6.00. The molecule has 0 aliphatic carbocycles. The summed E-state index contributed by atoms with van der Waals surface area (Å²) in [5, 5.41) is 0. The molecule has 1 unspecified atom stereocenters. The molecule has 7 heteroatoms. The van der Waals surface area contributed by atoms with E-state index in [1.807, 2.05) is 29.2 Å². The minimum atomic E-state index is -3.62. The number of hydrogen-bond donors (Lipinski definition) is 0. The molecule has 0 radical (unpaired) electrons. The Morgan fingerprint density at radius 1 is 0.966 bits per heavy atom. The lowest BCUT2D eigenvalue weighted by molar-refractivity contribution is -0.120. The average molecular weight is 410 g/mol. The first-order chi connectivity index (χ1) is 14.0. The minimum Gasteiger partial charge on any atom is -0.344 e. The Morgan fingerprint density at radius 2 is 1.79 bits per heavy atom. The Balaban J connectivity index is 1.45. The van der Waals surface area contributed by atoms with Gasteiger partial charge < -0.3 is 4.90 Å². The van der Waals surface area contributed by atoms with Crippen molar-refractivity contribution in [2.75, 3.05) is 13.1 Å². The van der Waals surface area contributed by atoms with E-state index in [9.17, 15) is 13.2 Å². The molecule has 150 valence electrons. The number of piperidine rings is 1. The van der Waals surface area contributed by atoms with Gasteiger partial charge in [0.1, 0.15) is 11.9 Å². The van der Waals surface area contributed by atoms with Crippen molar-refractivity contribution < 1.29 is 13.2 Å². The Labute approximate surface area is 170 Å². The van der Waals surface area contributed by atoms with E-state index in [0.717, 1.165) is 31.4 Å². The maximum Gasteiger partial charge on any atom is 0.270 e. The van der Waals surface area contributed by atoms with Crippen LogP contribution < -0.4 is 0 Å². The van der Waals surface area contributed by atoms with Crippen molar-refractivity contribution >= 4 is 21.8 Å². The molecule has 1 amide bonds. The average Bonchev–Trinajstić information content (AvgIpc) is 3.10. The number of benzene rings is 2. The van der Waals surface area contributed by atoms with Crippen LogP contribution >= 0.6 is 0 Å². The molecule has 3 aliphatic rings. The highest BCUT2D eigenvalue weighted by atomic mass is 32.2. The zero-order valence-electron chi connectivity index (χ0n) is 16.1. The van der Waals surface area contributed by atoms with Gasteiger partial charge in [0.25, 0.3) is 5.91 Å². The second-order valence-corrected chi connectivity index (χ2v) is 9.80. The van der Waals surface area contributed by atoms with Crippen LogP contribution in [0.25, 0.3) is 0 Å². The highest BCUT2D eigenvalue weighted by Gasteiger charge is 2.37. The van der Waals surface area contributed by atoms with E-state index in [1.54, 1.807) is 22.5 Å². The number of rotatable bonds is 3. The molecular formula is C22H23N3O3S. The van der Waals surface area contributed by atoms with Crippen LogP contribution in [0.15, 0.2) is 58.4 Å². The fourth-order valence-electron chi connectivity index (χ4n) is 4.54.